The Kier molecular flexibility index (Phi) is 18.6. The topological polar surface area (TPSA) is 77.5 Å². The van der Waals surface area contributed by atoms with Crippen molar-refractivity contribution >= 4 is 13.2 Å². The number of unbranched alkanes of at least 4 members (excludes halogenated alkanes) is 11. The molecule has 0 radical (unpaired) electrons. The predicted octanol–water partition coefficient (Wildman–Crippen LogP) is 8.39. The highest BCUT2D eigenvalue weighted by molar-refractivity contribution is 6.34. The van der Waals surface area contributed by atoms with Gasteiger partial charge in [0.25, 0.3) is 0 Å². The van der Waals surface area contributed by atoms with E-state index in [9.17, 15) is 9.82 Å². The smallest absolute Gasteiger partial charge is 0.491 e. The van der Waals surface area contributed by atoms with Gasteiger partial charge in [0.2, 0.25) is 5.91 Å². The van der Waals surface area contributed by atoms with E-state index in [2.05, 4.69) is 19.1 Å². The summed E-state index contributed by atoms with van der Waals surface area (Å²) in [7, 11) is -1.45. The fraction of sp³-hybridized carbons (Fsp3) is 0.605. The van der Waals surface area contributed by atoms with E-state index in [0.29, 0.717) is 19.5 Å². The minimum atomic E-state index is -1.45. The molecule has 1 N–H and O–H groups in total. The van der Waals surface area contributed by atoms with Crippen LogP contribution in [0.4, 0.5) is 0 Å². The number of benzene rings is 2. The van der Waals surface area contributed by atoms with Gasteiger partial charge in [-0.05, 0) is 69.2 Å². The van der Waals surface area contributed by atoms with E-state index in [4.69, 9.17) is 18.8 Å². The zero-order chi connectivity index (χ0) is 32.8. The van der Waals surface area contributed by atoms with Gasteiger partial charge in [-0.1, -0.05) is 107 Å². The summed E-state index contributed by atoms with van der Waals surface area (Å²) in [6, 6.07) is 15.5. The molecule has 0 aliphatic carbocycles. The lowest BCUT2D eigenvalue weighted by molar-refractivity contribution is -0.137. The van der Waals surface area contributed by atoms with Gasteiger partial charge in [-0.3, -0.25) is 4.79 Å². The Morgan fingerprint density at radius 1 is 0.761 bits per heavy atom. The summed E-state index contributed by atoms with van der Waals surface area (Å²) in [4.78, 5) is 15.3. The van der Waals surface area contributed by atoms with Crippen LogP contribution in [-0.4, -0.2) is 61.7 Å². The van der Waals surface area contributed by atoms with Crippen molar-refractivity contribution in [1.29, 1.82) is 0 Å². The van der Waals surface area contributed by atoms with Gasteiger partial charge in [-0.2, -0.15) is 0 Å². The third-order valence-electron chi connectivity index (χ3n) is 8.51. The van der Waals surface area contributed by atoms with E-state index in [1.165, 1.54) is 57.8 Å². The summed E-state index contributed by atoms with van der Waals surface area (Å²) in [6.45, 7) is 7.20. The number of carbonyl (C=O) groups excluding carboxylic acids is 1. The number of hydrogen-bond acceptors (Lipinski definition) is 6. The Labute approximate surface area is 278 Å². The zero-order valence-electron chi connectivity index (χ0n) is 28.7. The van der Waals surface area contributed by atoms with Gasteiger partial charge in [0.1, 0.15) is 24.7 Å². The summed E-state index contributed by atoms with van der Waals surface area (Å²) < 4.78 is 23.7. The SMILES string of the molecule is CCCCCCCCC=CCCCCCCCC(=O)N1CC(COc2ccccc2C)OB(O)OC(COc2ccccc2C)C1. The minimum Gasteiger partial charge on any atom is -0.491 e. The molecule has 0 aromatic heterocycles. The molecule has 8 heteroatoms. The molecule has 0 saturated carbocycles. The number of para-hydroxylation sites is 2. The molecule has 7 nitrogen and oxygen atoms in total. The Balaban J connectivity index is 1.43. The Morgan fingerprint density at radius 2 is 1.22 bits per heavy atom. The van der Waals surface area contributed by atoms with Gasteiger partial charge >= 0.3 is 7.32 Å². The first kappa shape index (κ1) is 37.7. The number of nitrogens with zero attached hydrogens (tertiary/aromatic N) is 1. The van der Waals surface area contributed by atoms with Crippen LogP contribution in [0.2, 0.25) is 0 Å². The largest absolute Gasteiger partial charge is 0.637 e. The number of aryl methyl sites for hydroxylation is 2. The third kappa shape index (κ3) is 15.2. The van der Waals surface area contributed by atoms with Crippen LogP contribution in [0.5, 0.6) is 11.5 Å². The lowest BCUT2D eigenvalue weighted by atomic mass is 10.1. The summed E-state index contributed by atoms with van der Waals surface area (Å²) >= 11 is 0. The first-order valence-corrected chi connectivity index (χ1v) is 17.7. The summed E-state index contributed by atoms with van der Waals surface area (Å²) in [5.41, 5.74) is 2.02. The number of hydrogen-bond donors (Lipinski definition) is 1. The van der Waals surface area contributed by atoms with Crippen LogP contribution in [-0.2, 0) is 14.1 Å². The number of amides is 1. The fourth-order valence-corrected chi connectivity index (χ4v) is 5.71. The van der Waals surface area contributed by atoms with Crippen LogP contribution < -0.4 is 9.47 Å². The van der Waals surface area contributed by atoms with Crippen LogP contribution in [0.1, 0.15) is 108 Å². The average Bonchev–Trinajstić information content (AvgIpc) is 3.04. The molecule has 1 heterocycles. The molecule has 2 atom stereocenters. The fourth-order valence-electron chi connectivity index (χ4n) is 5.71. The van der Waals surface area contributed by atoms with Crippen LogP contribution in [0, 0.1) is 13.8 Å². The van der Waals surface area contributed by atoms with Gasteiger partial charge in [-0.25, -0.2) is 0 Å². The Morgan fingerprint density at radius 3 is 1.72 bits per heavy atom. The molecule has 2 aromatic rings. The van der Waals surface area contributed by atoms with Crippen molar-refractivity contribution in [2.75, 3.05) is 26.3 Å². The third-order valence-corrected chi connectivity index (χ3v) is 8.51. The van der Waals surface area contributed by atoms with Gasteiger partial charge in [0.15, 0.2) is 0 Å². The molecule has 254 valence electrons. The lowest BCUT2D eigenvalue weighted by Gasteiger charge is -2.35. The number of allylic oxidation sites excluding steroid dienone is 2. The Bertz CT molecular complexity index is 1080. The molecule has 2 aromatic carbocycles. The first-order valence-electron chi connectivity index (χ1n) is 17.7. The minimum absolute atomic E-state index is 0.0583. The molecule has 1 amide bonds. The second-order valence-corrected chi connectivity index (χ2v) is 12.6. The molecule has 0 bridgehead atoms. The quantitative estimate of drug-likeness (QED) is 0.0844. The Hall–Kier alpha value is -2.81. The van der Waals surface area contributed by atoms with E-state index in [0.717, 1.165) is 48.3 Å². The van der Waals surface area contributed by atoms with Gasteiger partial charge in [0, 0.05) is 19.5 Å². The van der Waals surface area contributed by atoms with Crippen molar-refractivity contribution in [3.63, 3.8) is 0 Å². The molecule has 1 saturated heterocycles. The van der Waals surface area contributed by atoms with Crippen molar-refractivity contribution in [3.8, 4) is 11.5 Å². The molecule has 1 aliphatic heterocycles. The molecule has 46 heavy (non-hydrogen) atoms. The van der Waals surface area contributed by atoms with Crippen molar-refractivity contribution in [2.24, 2.45) is 0 Å². The zero-order valence-corrected chi connectivity index (χ0v) is 28.7. The van der Waals surface area contributed by atoms with E-state index < -0.39 is 19.5 Å². The molecular formula is C38H58BNO6. The maximum atomic E-state index is 13.5. The molecule has 0 spiro atoms. The normalized spacial score (nSPS) is 17.2. The molecule has 3 rings (SSSR count). The summed E-state index contributed by atoms with van der Waals surface area (Å²) in [6.07, 6.45) is 19.9. The van der Waals surface area contributed by atoms with Crippen molar-refractivity contribution in [2.45, 2.75) is 123 Å². The summed E-state index contributed by atoms with van der Waals surface area (Å²) in [5, 5.41) is 10.6. The van der Waals surface area contributed by atoms with Gasteiger partial charge in [-0.15, -0.1) is 0 Å². The van der Waals surface area contributed by atoms with E-state index >= 15 is 0 Å². The van der Waals surface area contributed by atoms with Crippen molar-refractivity contribution in [3.05, 3.63) is 71.8 Å². The second kappa shape index (κ2) is 22.7. The maximum absolute atomic E-state index is 13.5. The molecule has 1 aliphatic rings. The first-order chi connectivity index (χ1) is 22.5. The van der Waals surface area contributed by atoms with Crippen LogP contribution in [0.3, 0.4) is 0 Å². The van der Waals surface area contributed by atoms with Gasteiger partial charge < -0.3 is 28.7 Å². The van der Waals surface area contributed by atoms with E-state index in [1.54, 1.807) is 4.90 Å². The number of carbonyl (C=O) groups is 1. The number of ether oxygens (including phenoxy) is 2. The molecule has 1 fully saturated rings. The molecular weight excluding hydrogens is 577 g/mol. The average molecular weight is 636 g/mol. The summed E-state index contributed by atoms with van der Waals surface area (Å²) in [5.74, 6) is 1.56. The lowest BCUT2D eigenvalue weighted by Crippen LogP contribution is -2.52. The van der Waals surface area contributed by atoms with Crippen LogP contribution in [0.15, 0.2) is 60.7 Å². The monoisotopic (exact) mass is 635 g/mol. The predicted molar refractivity (Wildman–Crippen MR) is 187 cm³/mol. The highest BCUT2D eigenvalue weighted by atomic mass is 16.7. The van der Waals surface area contributed by atoms with Crippen molar-refractivity contribution < 1.29 is 28.6 Å². The van der Waals surface area contributed by atoms with Gasteiger partial charge in [0.05, 0.1) is 12.2 Å². The van der Waals surface area contributed by atoms with E-state index in [-0.39, 0.29) is 19.1 Å². The van der Waals surface area contributed by atoms with E-state index in [1.807, 2.05) is 62.4 Å². The number of rotatable bonds is 21. The molecule has 2 unspecified atom stereocenters. The van der Waals surface area contributed by atoms with Crippen LogP contribution in [0.25, 0.3) is 0 Å². The highest BCUT2D eigenvalue weighted by Gasteiger charge is 2.34. The standard InChI is InChI=1S/C38H58BNO6/c1-4-5-6-7-8-9-10-11-12-13-14-15-16-17-18-27-38(41)40-28-34(30-43-36-25-21-19-23-32(36)2)45-39(42)46-35(29-40)31-44-37-26-22-20-24-33(37)3/h11-12,19-26,34-35,42H,4-10,13-18,27-31H2,1-3H3. The second-order valence-electron chi connectivity index (χ2n) is 12.6. The highest BCUT2D eigenvalue weighted by Crippen LogP contribution is 2.20. The van der Waals surface area contributed by atoms with Crippen molar-refractivity contribution in [1.82, 2.24) is 4.90 Å². The maximum Gasteiger partial charge on any atom is 0.637 e. The van der Waals surface area contributed by atoms with Crippen LogP contribution >= 0.6 is 0 Å².